The summed E-state index contributed by atoms with van der Waals surface area (Å²) < 4.78 is 18.1. The zero-order chi connectivity index (χ0) is 19.7. The Morgan fingerprint density at radius 2 is 1.96 bits per heavy atom. The van der Waals surface area contributed by atoms with E-state index in [1.54, 1.807) is 30.9 Å². The van der Waals surface area contributed by atoms with Gasteiger partial charge in [0.2, 0.25) is 0 Å². The molecule has 144 valence electrons. The van der Waals surface area contributed by atoms with Gasteiger partial charge in [-0.2, -0.15) is 0 Å². The Morgan fingerprint density at radius 3 is 2.50 bits per heavy atom. The van der Waals surface area contributed by atoms with Crippen LogP contribution in [-0.2, 0) is 16.0 Å². The predicted molar refractivity (Wildman–Crippen MR) is 99.3 cm³/mol. The topological polar surface area (TPSA) is 70.0 Å². The van der Waals surface area contributed by atoms with E-state index in [4.69, 9.17) is 9.84 Å². The Kier molecular flexibility index (Phi) is 9.02. The lowest BCUT2D eigenvalue weighted by molar-refractivity contribution is -0.140. The molecule has 0 aliphatic carbocycles. The number of carbonyl (C=O) groups excluding carboxylic acids is 1. The number of rotatable bonds is 10. The zero-order valence-electron chi connectivity index (χ0n) is 15.7. The van der Waals surface area contributed by atoms with Crippen molar-refractivity contribution >= 4 is 5.91 Å². The van der Waals surface area contributed by atoms with Crippen molar-refractivity contribution in [3.05, 3.63) is 59.1 Å². The zero-order valence-corrected chi connectivity index (χ0v) is 15.7. The molecule has 0 aliphatic heterocycles. The van der Waals surface area contributed by atoms with E-state index in [2.05, 4.69) is 6.58 Å². The number of aliphatic hydroxyl groups excluding tert-OH is 2. The fourth-order valence-corrected chi connectivity index (χ4v) is 2.43. The van der Waals surface area contributed by atoms with Crippen molar-refractivity contribution in [2.45, 2.75) is 32.8 Å². The van der Waals surface area contributed by atoms with Gasteiger partial charge in [-0.15, -0.1) is 0 Å². The molecule has 5 nitrogen and oxygen atoms in total. The second kappa shape index (κ2) is 10.7. The highest BCUT2D eigenvalue weighted by Crippen LogP contribution is 2.16. The maximum Gasteiger partial charge on any atom is 0.251 e. The lowest BCUT2D eigenvalue weighted by Gasteiger charge is -2.26. The lowest BCUT2D eigenvalue weighted by atomic mass is 10.1. The molecule has 0 radical (unpaired) electrons. The SMILES string of the molecule is C=C(CN(CCc1ccc(F)cc1)C(=O)C(C)OC)/C(O)=C(\C)CCO. The number of nitrogens with zero attached hydrogens (tertiary/aromatic N) is 1. The number of methoxy groups -OCH3 is 1. The number of amides is 1. The number of hydrogen-bond acceptors (Lipinski definition) is 4. The normalized spacial score (nSPS) is 13.1. The number of benzene rings is 1. The Bertz CT molecular complexity index is 640. The molecule has 1 rings (SSSR count). The summed E-state index contributed by atoms with van der Waals surface area (Å²) in [6.45, 7) is 7.67. The molecule has 26 heavy (non-hydrogen) atoms. The van der Waals surface area contributed by atoms with Crippen LogP contribution in [0.2, 0.25) is 0 Å². The summed E-state index contributed by atoms with van der Waals surface area (Å²) in [4.78, 5) is 14.1. The van der Waals surface area contributed by atoms with Crippen molar-refractivity contribution in [3.8, 4) is 0 Å². The van der Waals surface area contributed by atoms with Crippen molar-refractivity contribution < 1.29 is 24.1 Å². The third-order valence-corrected chi connectivity index (χ3v) is 4.20. The molecule has 1 amide bonds. The second-order valence-electron chi connectivity index (χ2n) is 6.22. The molecular formula is C20H28FNO4. The Hall–Kier alpha value is -2.18. The van der Waals surface area contributed by atoms with E-state index in [9.17, 15) is 14.3 Å². The molecule has 1 aromatic rings. The summed E-state index contributed by atoms with van der Waals surface area (Å²) in [6.07, 6.45) is 0.249. The number of hydrogen-bond donors (Lipinski definition) is 2. The summed E-state index contributed by atoms with van der Waals surface area (Å²) in [5.74, 6) is -0.524. The van der Waals surface area contributed by atoms with E-state index in [1.165, 1.54) is 19.2 Å². The van der Waals surface area contributed by atoms with Gasteiger partial charge in [-0.1, -0.05) is 18.7 Å². The number of halogens is 1. The van der Waals surface area contributed by atoms with Crippen LogP contribution in [0.15, 0.2) is 47.7 Å². The average molecular weight is 365 g/mol. The van der Waals surface area contributed by atoms with Gasteiger partial charge in [0.25, 0.3) is 5.91 Å². The van der Waals surface area contributed by atoms with Crippen LogP contribution >= 0.6 is 0 Å². The average Bonchev–Trinajstić information content (AvgIpc) is 2.64. The monoisotopic (exact) mass is 365 g/mol. The molecule has 1 unspecified atom stereocenters. The first-order chi connectivity index (χ1) is 12.3. The highest BCUT2D eigenvalue weighted by Gasteiger charge is 2.22. The first kappa shape index (κ1) is 21.9. The van der Waals surface area contributed by atoms with E-state index in [-0.39, 0.29) is 30.6 Å². The van der Waals surface area contributed by atoms with Crippen LogP contribution in [0.5, 0.6) is 0 Å². The first-order valence-electron chi connectivity index (χ1n) is 8.53. The van der Waals surface area contributed by atoms with Crippen molar-refractivity contribution in [3.63, 3.8) is 0 Å². The van der Waals surface area contributed by atoms with Crippen LogP contribution in [0.3, 0.4) is 0 Å². The maximum atomic E-state index is 13.0. The van der Waals surface area contributed by atoms with Crippen LogP contribution in [0, 0.1) is 5.82 Å². The fourth-order valence-electron chi connectivity index (χ4n) is 2.43. The molecule has 0 aliphatic rings. The summed E-state index contributed by atoms with van der Waals surface area (Å²) in [7, 11) is 1.46. The molecule has 0 fully saturated rings. The molecule has 1 atom stereocenters. The first-order valence-corrected chi connectivity index (χ1v) is 8.53. The van der Waals surface area contributed by atoms with Crippen LogP contribution in [-0.4, -0.2) is 53.9 Å². The van der Waals surface area contributed by atoms with Crippen LogP contribution in [0.25, 0.3) is 0 Å². The molecule has 0 aromatic heterocycles. The fraction of sp³-hybridized carbons (Fsp3) is 0.450. The number of ether oxygens (including phenoxy) is 1. The van der Waals surface area contributed by atoms with Crippen molar-refractivity contribution in [2.24, 2.45) is 0 Å². The van der Waals surface area contributed by atoms with Gasteiger partial charge in [0.05, 0.1) is 0 Å². The maximum absolute atomic E-state index is 13.0. The lowest BCUT2D eigenvalue weighted by Crippen LogP contribution is -2.41. The molecule has 0 bridgehead atoms. The minimum atomic E-state index is -0.624. The van der Waals surface area contributed by atoms with Gasteiger partial charge in [-0.05, 0) is 50.0 Å². The van der Waals surface area contributed by atoms with Crippen molar-refractivity contribution in [1.82, 2.24) is 4.90 Å². The largest absolute Gasteiger partial charge is 0.508 e. The minimum absolute atomic E-state index is 0.00343. The van der Waals surface area contributed by atoms with E-state index in [0.29, 0.717) is 30.5 Å². The Morgan fingerprint density at radius 1 is 1.35 bits per heavy atom. The molecule has 1 aromatic carbocycles. The molecule has 6 heteroatoms. The van der Waals surface area contributed by atoms with E-state index >= 15 is 0 Å². The van der Waals surface area contributed by atoms with Crippen LogP contribution < -0.4 is 0 Å². The highest BCUT2D eigenvalue weighted by atomic mass is 19.1. The van der Waals surface area contributed by atoms with Gasteiger partial charge in [0.1, 0.15) is 17.7 Å². The molecule has 0 saturated carbocycles. The van der Waals surface area contributed by atoms with Gasteiger partial charge in [-0.3, -0.25) is 4.79 Å². The molecular weight excluding hydrogens is 337 g/mol. The quantitative estimate of drug-likeness (QED) is 0.494. The van der Waals surface area contributed by atoms with Gasteiger partial charge in [0.15, 0.2) is 0 Å². The third kappa shape index (κ3) is 6.61. The van der Waals surface area contributed by atoms with Gasteiger partial charge in [-0.25, -0.2) is 4.39 Å². The van der Waals surface area contributed by atoms with Crippen LogP contribution in [0.1, 0.15) is 25.8 Å². The van der Waals surface area contributed by atoms with Gasteiger partial charge >= 0.3 is 0 Å². The third-order valence-electron chi connectivity index (χ3n) is 4.20. The van der Waals surface area contributed by atoms with Crippen molar-refractivity contribution in [2.75, 3.05) is 26.8 Å². The van der Waals surface area contributed by atoms with Gasteiger partial charge < -0.3 is 19.8 Å². The van der Waals surface area contributed by atoms with E-state index in [1.807, 2.05) is 0 Å². The smallest absolute Gasteiger partial charge is 0.251 e. The highest BCUT2D eigenvalue weighted by molar-refractivity contribution is 5.80. The summed E-state index contributed by atoms with van der Waals surface area (Å²) >= 11 is 0. The molecule has 0 saturated heterocycles. The van der Waals surface area contributed by atoms with E-state index in [0.717, 1.165) is 5.56 Å². The summed E-state index contributed by atoms with van der Waals surface area (Å²) in [6, 6.07) is 6.11. The predicted octanol–water partition coefficient (Wildman–Crippen LogP) is 3.00. The van der Waals surface area contributed by atoms with Crippen LogP contribution in [0.4, 0.5) is 4.39 Å². The molecule has 0 spiro atoms. The Balaban J connectivity index is 2.87. The summed E-state index contributed by atoms with van der Waals surface area (Å²) in [5.41, 5.74) is 1.91. The standard InChI is InChI=1S/C20H28FNO4/c1-14(10-12-23)19(24)15(2)13-22(20(25)16(3)26-4)11-9-17-5-7-18(21)8-6-17/h5-8,16,23-24H,2,9-13H2,1,3-4H3/b19-14-. The molecule has 2 N–H and O–H groups in total. The van der Waals surface area contributed by atoms with Gasteiger partial charge in [0, 0.05) is 32.4 Å². The number of carbonyl (C=O) groups is 1. The summed E-state index contributed by atoms with van der Waals surface area (Å²) in [5, 5.41) is 19.2. The van der Waals surface area contributed by atoms with Crippen molar-refractivity contribution in [1.29, 1.82) is 0 Å². The Labute approximate surface area is 154 Å². The molecule has 0 heterocycles. The van der Waals surface area contributed by atoms with E-state index < -0.39 is 6.10 Å². The number of aliphatic hydroxyl groups is 2. The second-order valence-corrected chi connectivity index (χ2v) is 6.22. The minimum Gasteiger partial charge on any atom is -0.508 e.